The van der Waals surface area contributed by atoms with Gasteiger partial charge < -0.3 is 15.5 Å². The zero-order valence-electron chi connectivity index (χ0n) is 9.74. The van der Waals surface area contributed by atoms with E-state index in [-0.39, 0.29) is 6.03 Å². The van der Waals surface area contributed by atoms with E-state index >= 15 is 0 Å². The first-order chi connectivity index (χ1) is 7.84. The van der Waals surface area contributed by atoms with Crippen LogP contribution in [0.2, 0.25) is 0 Å². The number of rotatable bonds is 2. The molecule has 1 aliphatic carbocycles. The van der Waals surface area contributed by atoms with Crippen LogP contribution in [-0.2, 0) is 0 Å². The number of hydrogen-bond donors (Lipinski definition) is 2. The van der Waals surface area contributed by atoms with Gasteiger partial charge in [-0.3, -0.25) is 0 Å². The van der Waals surface area contributed by atoms with Crippen LogP contribution < -0.4 is 10.6 Å². The number of nitrogens with one attached hydrogen (secondary N) is 2. The average molecular weight is 223 g/mol. The third-order valence-electron chi connectivity index (χ3n) is 4.43. The van der Waals surface area contributed by atoms with Gasteiger partial charge in [-0.25, -0.2) is 4.79 Å². The molecule has 0 radical (unpaired) electrons. The van der Waals surface area contributed by atoms with Crippen molar-refractivity contribution in [1.82, 2.24) is 15.5 Å². The van der Waals surface area contributed by atoms with E-state index in [9.17, 15) is 4.79 Å². The molecule has 1 atom stereocenters. The minimum atomic E-state index is 0.184. The Kier molecular flexibility index (Phi) is 2.75. The van der Waals surface area contributed by atoms with Crippen LogP contribution in [-0.4, -0.2) is 42.6 Å². The fraction of sp³-hybridized carbons (Fsp3) is 0.917. The highest BCUT2D eigenvalue weighted by Crippen LogP contribution is 2.32. The smallest absolute Gasteiger partial charge is 0.318 e. The summed E-state index contributed by atoms with van der Waals surface area (Å²) >= 11 is 0. The standard InChI is InChI=1S/C12H21N3O/c16-12-14-11(9-2-1-3-9)8-15(12)10-4-6-13-7-5-10/h9-11,13H,1-8H2,(H,14,16). The lowest BCUT2D eigenvalue weighted by atomic mass is 9.80. The number of hydrogen-bond acceptors (Lipinski definition) is 2. The Morgan fingerprint density at radius 1 is 1.12 bits per heavy atom. The van der Waals surface area contributed by atoms with Crippen LogP contribution in [0.15, 0.2) is 0 Å². The number of carbonyl (C=O) groups excluding carboxylic acids is 1. The van der Waals surface area contributed by atoms with Crippen molar-refractivity contribution in [2.24, 2.45) is 5.92 Å². The van der Waals surface area contributed by atoms with Crippen molar-refractivity contribution in [3.8, 4) is 0 Å². The van der Waals surface area contributed by atoms with Crippen molar-refractivity contribution in [3.05, 3.63) is 0 Å². The monoisotopic (exact) mass is 223 g/mol. The lowest BCUT2D eigenvalue weighted by Gasteiger charge is -2.33. The molecule has 1 saturated carbocycles. The van der Waals surface area contributed by atoms with E-state index in [1.54, 1.807) is 0 Å². The summed E-state index contributed by atoms with van der Waals surface area (Å²) in [6.07, 6.45) is 6.20. The molecule has 3 fully saturated rings. The first-order valence-corrected chi connectivity index (χ1v) is 6.62. The van der Waals surface area contributed by atoms with Gasteiger partial charge >= 0.3 is 6.03 Å². The van der Waals surface area contributed by atoms with Crippen molar-refractivity contribution in [2.45, 2.75) is 44.2 Å². The van der Waals surface area contributed by atoms with E-state index in [2.05, 4.69) is 15.5 Å². The minimum Gasteiger partial charge on any atom is -0.333 e. The maximum absolute atomic E-state index is 11.9. The van der Waals surface area contributed by atoms with Gasteiger partial charge in [-0.15, -0.1) is 0 Å². The van der Waals surface area contributed by atoms with E-state index in [1.807, 2.05) is 0 Å². The topological polar surface area (TPSA) is 44.4 Å². The van der Waals surface area contributed by atoms with Gasteiger partial charge in [-0.1, -0.05) is 6.42 Å². The molecule has 0 aromatic carbocycles. The van der Waals surface area contributed by atoms with E-state index in [0.29, 0.717) is 12.1 Å². The largest absolute Gasteiger partial charge is 0.333 e. The lowest BCUT2D eigenvalue weighted by molar-refractivity contribution is 0.177. The second kappa shape index (κ2) is 4.24. The second-order valence-corrected chi connectivity index (χ2v) is 5.38. The Labute approximate surface area is 96.8 Å². The zero-order chi connectivity index (χ0) is 11.0. The van der Waals surface area contributed by atoms with Crippen molar-refractivity contribution < 1.29 is 4.79 Å². The van der Waals surface area contributed by atoms with Crippen LogP contribution >= 0.6 is 0 Å². The molecule has 2 saturated heterocycles. The van der Waals surface area contributed by atoms with Gasteiger partial charge in [-0.2, -0.15) is 0 Å². The van der Waals surface area contributed by atoms with Gasteiger partial charge in [0.2, 0.25) is 0 Å². The predicted molar refractivity (Wildman–Crippen MR) is 62.3 cm³/mol. The van der Waals surface area contributed by atoms with Gasteiger partial charge in [0, 0.05) is 12.6 Å². The molecule has 1 unspecified atom stereocenters. The number of urea groups is 1. The molecule has 90 valence electrons. The summed E-state index contributed by atoms with van der Waals surface area (Å²) in [5.41, 5.74) is 0. The van der Waals surface area contributed by atoms with Crippen molar-refractivity contribution in [3.63, 3.8) is 0 Å². The number of nitrogens with zero attached hydrogens (tertiary/aromatic N) is 1. The molecule has 2 aliphatic heterocycles. The quantitative estimate of drug-likeness (QED) is 0.731. The molecular formula is C12H21N3O. The summed E-state index contributed by atoms with van der Waals surface area (Å²) < 4.78 is 0. The Morgan fingerprint density at radius 3 is 2.50 bits per heavy atom. The number of amides is 2. The highest BCUT2D eigenvalue weighted by molar-refractivity contribution is 5.77. The van der Waals surface area contributed by atoms with Gasteiger partial charge in [0.05, 0.1) is 6.04 Å². The molecular weight excluding hydrogens is 202 g/mol. The highest BCUT2D eigenvalue weighted by atomic mass is 16.2. The first kappa shape index (κ1) is 10.4. The van der Waals surface area contributed by atoms with Crippen molar-refractivity contribution >= 4 is 6.03 Å². The molecule has 0 spiro atoms. The Hall–Kier alpha value is -0.770. The molecule has 0 aromatic heterocycles. The van der Waals surface area contributed by atoms with Gasteiger partial charge in [0.1, 0.15) is 0 Å². The number of carbonyl (C=O) groups is 1. The first-order valence-electron chi connectivity index (χ1n) is 6.62. The fourth-order valence-corrected chi connectivity index (χ4v) is 3.12. The SMILES string of the molecule is O=C1NC(C2CCC2)CN1C1CCNCC1. The van der Waals surface area contributed by atoms with E-state index in [0.717, 1.165) is 38.4 Å². The maximum atomic E-state index is 11.9. The summed E-state index contributed by atoms with van der Waals surface area (Å²) in [7, 11) is 0. The summed E-state index contributed by atoms with van der Waals surface area (Å²) in [5, 5.41) is 6.52. The fourth-order valence-electron chi connectivity index (χ4n) is 3.12. The van der Waals surface area contributed by atoms with Gasteiger partial charge in [-0.05, 0) is 44.7 Å². The van der Waals surface area contributed by atoms with Gasteiger partial charge in [0.25, 0.3) is 0 Å². The molecule has 3 rings (SSSR count). The zero-order valence-corrected chi connectivity index (χ0v) is 9.74. The van der Waals surface area contributed by atoms with E-state index in [1.165, 1.54) is 19.3 Å². The second-order valence-electron chi connectivity index (χ2n) is 5.38. The summed E-state index contributed by atoms with van der Waals surface area (Å²) in [6.45, 7) is 3.07. The van der Waals surface area contributed by atoms with Crippen LogP contribution in [0, 0.1) is 5.92 Å². The summed E-state index contributed by atoms with van der Waals surface area (Å²) in [5.74, 6) is 0.760. The maximum Gasteiger partial charge on any atom is 0.318 e. The molecule has 2 amide bonds. The molecule has 16 heavy (non-hydrogen) atoms. The van der Waals surface area contributed by atoms with Crippen LogP contribution in [0.5, 0.6) is 0 Å². The summed E-state index contributed by atoms with van der Waals surface area (Å²) in [4.78, 5) is 14.0. The van der Waals surface area contributed by atoms with Crippen molar-refractivity contribution in [2.75, 3.05) is 19.6 Å². The molecule has 4 heteroatoms. The Bertz CT molecular complexity index is 271. The Morgan fingerprint density at radius 2 is 1.88 bits per heavy atom. The average Bonchev–Trinajstić information content (AvgIpc) is 2.59. The van der Waals surface area contributed by atoms with Gasteiger partial charge in [0.15, 0.2) is 0 Å². The molecule has 0 aromatic rings. The molecule has 0 bridgehead atoms. The molecule has 4 nitrogen and oxygen atoms in total. The normalized spacial score (nSPS) is 32.6. The number of piperidine rings is 1. The third-order valence-corrected chi connectivity index (χ3v) is 4.43. The minimum absolute atomic E-state index is 0.184. The Balaban J connectivity index is 1.60. The van der Waals surface area contributed by atoms with Crippen LogP contribution in [0.25, 0.3) is 0 Å². The van der Waals surface area contributed by atoms with Crippen LogP contribution in [0.1, 0.15) is 32.1 Å². The lowest BCUT2D eigenvalue weighted by Crippen LogP contribution is -2.44. The molecule has 2 N–H and O–H groups in total. The molecule has 3 aliphatic rings. The third kappa shape index (κ3) is 1.79. The van der Waals surface area contributed by atoms with Crippen LogP contribution in [0.4, 0.5) is 4.79 Å². The van der Waals surface area contributed by atoms with E-state index in [4.69, 9.17) is 0 Å². The van der Waals surface area contributed by atoms with Crippen LogP contribution in [0.3, 0.4) is 0 Å². The molecule has 2 heterocycles. The summed E-state index contributed by atoms with van der Waals surface area (Å²) in [6, 6.07) is 1.10. The predicted octanol–water partition coefficient (Wildman–Crippen LogP) is 0.932. The van der Waals surface area contributed by atoms with Crippen molar-refractivity contribution in [1.29, 1.82) is 0 Å². The van der Waals surface area contributed by atoms with E-state index < -0.39 is 0 Å². The highest BCUT2D eigenvalue weighted by Gasteiger charge is 2.39.